The van der Waals surface area contributed by atoms with Crippen LogP contribution in [0.2, 0.25) is 0 Å². The fourth-order valence-corrected chi connectivity index (χ4v) is 11.1. The molecule has 5 aromatic heterocycles. The van der Waals surface area contributed by atoms with Gasteiger partial charge < -0.3 is 76.5 Å². The van der Waals surface area contributed by atoms with Crippen LogP contribution < -0.4 is 59.6 Å². The Morgan fingerprint density at radius 2 is 0.748 bits per heavy atom. The Balaban J connectivity index is 0.000000200. The molecule has 5 fully saturated rings. The van der Waals surface area contributed by atoms with E-state index in [0.29, 0.717) is 94.8 Å². The number of nitrogens with two attached hydrogens (primary N) is 1. The number of ether oxygens (including phenoxy) is 2. The number of aromatic hydroxyl groups is 2. The molecule has 0 spiro atoms. The zero-order valence-corrected chi connectivity index (χ0v) is 59.9. The van der Waals surface area contributed by atoms with E-state index >= 15 is 0 Å². The largest absolute Gasteiger partial charge is 0.505 e. The molecule has 10 heterocycles. The van der Waals surface area contributed by atoms with Crippen molar-refractivity contribution in [3.05, 3.63) is 184 Å². The normalized spacial score (nSPS) is 15.2. The summed E-state index contributed by atoms with van der Waals surface area (Å²) in [5.74, 6) is 1.43. The van der Waals surface area contributed by atoms with E-state index in [9.17, 15) is 60.3 Å². The van der Waals surface area contributed by atoms with E-state index in [1.165, 1.54) is 28.0 Å². The van der Waals surface area contributed by atoms with Crippen LogP contribution in [-0.4, -0.2) is 227 Å². The number of nitrogens with zero attached hydrogens (tertiary/aromatic N) is 14. The lowest BCUT2D eigenvalue weighted by molar-refractivity contribution is -0.913. The molecule has 4 amide bonds. The van der Waals surface area contributed by atoms with Gasteiger partial charge in [-0.25, -0.2) is 9.59 Å². The number of hydrogen-bond acceptors (Lipinski definition) is 22. The smallest absolute Gasteiger partial charge is 0.410 e. The van der Waals surface area contributed by atoms with Gasteiger partial charge in [-0.3, -0.25) is 44.5 Å². The molecule has 5 saturated heterocycles. The van der Waals surface area contributed by atoms with Crippen molar-refractivity contribution in [2.24, 2.45) is 0 Å². The van der Waals surface area contributed by atoms with Crippen molar-refractivity contribution >= 4 is 74.6 Å². The number of phenolic OH excluding ortho intramolecular Hbond substituents is 2. The number of rotatable bonds is 7. The van der Waals surface area contributed by atoms with Crippen molar-refractivity contribution in [1.29, 1.82) is 0 Å². The Hall–Kier alpha value is -10.9. The number of nitro benzene ring substituents is 1. The number of anilines is 5. The summed E-state index contributed by atoms with van der Waals surface area (Å²) in [6.45, 7) is 24.7. The maximum Gasteiger partial charge on any atom is 0.410 e. The van der Waals surface area contributed by atoms with Crippen LogP contribution in [0.1, 0.15) is 69.7 Å². The standard InChI is InChI=1S/C16H16N4O5.C16H18N4O3.C14H22N3O3.C9H14N3O.C9H18N2O2.C5H5BrNO.CH4/c21-15-12(4-3-5-13(15)20(24)25)16(22)18-10-8-17(9-11-18)14-6-1-2-7-19(14)23;17-13-5-3-4-12(15(13)21)16(22)19-10-8-18(9-11-19)14-6-1-2-7-20(14)23;1-14(2,3)20-13(18)16-10-8-15(9-11-16)12-6-4-5-7-17(12)19;13-12-6-2-1-3-9(12)11-7-4-10-5-8-11;1-9(2,3)13-8(12)11-6-4-10-5-7-11;6-5-3-1-2-4-7(5)8;/h1-7H,8-11H2,(H-,21,22,23);1-7H,8-11,17H2,(H-,21,22,23);4-7,19H,8-11H2,1-3H3;1-3,6,10,13H,4-5,7-8H2;10H,4-7H2,1-3H3;1-4,8H;1H4/q;;2*+1;;+1;/p+2. The minimum Gasteiger partial charge on any atom is -0.505 e. The number of amides is 4. The van der Waals surface area contributed by atoms with Gasteiger partial charge in [0.1, 0.15) is 75.3 Å². The Labute approximate surface area is 607 Å². The third-order valence-corrected chi connectivity index (χ3v) is 16.7. The molecule has 5 aliphatic rings. The molecule has 0 atom stereocenters. The minimum atomic E-state index is -0.723. The number of piperazine rings is 5. The van der Waals surface area contributed by atoms with Crippen LogP contribution >= 0.6 is 15.9 Å². The predicted molar refractivity (Wildman–Crippen MR) is 383 cm³/mol. The maximum atomic E-state index is 12.6. The molecule has 0 saturated carbocycles. The summed E-state index contributed by atoms with van der Waals surface area (Å²) in [5.41, 5.74) is 4.62. The van der Waals surface area contributed by atoms with E-state index in [2.05, 4.69) is 31.5 Å². The molecule has 32 nitrogen and oxygen atoms in total. The quantitative estimate of drug-likeness (QED) is 0.0199. The third kappa shape index (κ3) is 24.4. The summed E-state index contributed by atoms with van der Waals surface area (Å²) >= 11 is 3.11. The highest BCUT2D eigenvalue weighted by molar-refractivity contribution is 9.10. The second-order valence-corrected chi connectivity index (χ2v) is 26.4. The summed E-state index contributed by atoms with van der Waals surface area (Å²) in [4.78, 5) is 73.5. The fraction of sp³-hybridized carbons (Fsp3) is 0.414. The number of phenols is 2. The summed E-state index contributed by atoms with van der Waals surface area (Å²) in [6, 6.07) is 35.8. The Morgan fingerprint density at radius 1 is 0.437 bits per heavy atom. The molecule has 0 aliphatic carbocycles. The number of halogens is 1. The number of carbonyl (C=O) groups excluding carboxylic acids is 4. The SMILES string of the molecule is C.CC(C)(C)OC(=O)N1CCN(c2cccc[n+]2O)CC1.CC(C)(C)OC(=O)N1CCNCC1.Nc1cccc(C(=O)N2CCN(c3cccc[n+]3O)CC2)c1O.O=C(c1cccc([N+](=O)[O-])c1O)N1CCN(c2cccc[n+]2O)CC1.O[n+]1ccccc1Br.O[n+]1ccccc1N1CCNCC1. The average Bonchev–Trinajstić information content (AvgIpc) is 0.817. The number of pyridine rings is 5. The minimum absolute atomic E-state index is 0. The van der Waals surface area contributed by atoms with Crippen LogP contribution in [0, 0.1) is 10.1 Å². The van der Waals surface area contributed by atoms with Gasteiger partial charge in [0, 0.05) is 102 Å². The molecule has 556 valence electrons. The van der Waals surface area contributed by atoms with Gasteiger partial charge in [-0.05, 0) is 90.1 Å². The lowest BCUT2D eigenvalue weighted by Crippen LogP contribution is -2.53. The van der Waals surface area contributed by atoms with Crippen molar-refractivity contribution in [3.8, 4) is 11.5 Å². The van der Waals surface area contributed by atoms with E-state index in [4.69, 9.17) is 20.4 Å². The third-order valence-electron chi connectivity index (χ3n) is 16.1. The van der Waals surface area contributed by atoms with E-state index in [-0.39, 0.29) is 53.7 Å². The van der Waals surface area contributed by atoms with Gasteiger partial charge in [0.2, 0.25) is 11.9 Å². The molecule has 0 unspecified atom stereocenters. The van der Waals surface area contributed by atoms with E-state index in [0.717, 1.165) is 89.0 Å². The zero-order chi connectivity index (χ0) is 74.1. The van der Waals surface area contributed by atoms with Crippen LogP contribution in [-0.2, 0) is 9.47 Å². The summed E-state index contributed by atoms with van der Waals surface area (Å²) < 4.78 is 16.6. The number of carbonyl (C=O) groups is 4. The van der Waals surface area contributed by atoms with Crippen LogP contribution in [0.25, 0.3) is 0 Å². The molecular weight excluding hydrogens is 1400 g/mol. The number of nitrogens with one attached hydrogen (secondary N) is 2. The molecular formula is C70H99BrN17O15+5. The van der Waals surface area contributed by atoms with Crippen LogP contribution in [0.3, 0.4) is 0 Å². The summed E-state index contributed by atoms with van der Waals surface area (Å²) in [7, 11) is 0. The first kappa shape index (κ1) is 81.0. The fourth-order valence-electron chi connectivity index (χ4n) is 10.8. The first-order valence-electron chi connectivity index (χ1n) is 33.2. The molecule has 5 aliphatic heterocycles. The summed E-state index contributed by atoms with van der Waals surface area (Å²) in [5, 5.41) is 85.0. The zero-order valence-electron chi connectivity index (χ0n) is 58.3. The molecule has 2 aromatic carbocycles. The van der Waals surface area contributed by atoms with E-state index in [1.807, 2.05) is 105 Å². The Morgan fingerprint density at radius 3 is 1.08 bits per heavy atom. The molecule has 7 aromatic rings. The average molecular weight is 1500 g/mol. The van der Waals surface area contributed by atoms with Gasteiger partial charge in [0.15, 0.2) is 5.75 Å². The van der Waals surface area contributed by atoms with Gasteiger partial charge in [-0.15, -0.1) is 0 Å². The second-order valence-electron chi connectivity index (χ2n) is 25.6. The first-order chi connectivity index (χ1) is 48.6. The van der Waals surface area contributed by atoms with Crippen molar-refractivity contribution in [2.75, 3.05) is 156 Å². The number of aromatic nitrogens is 5. The molecule has 0 bridgehead atoms. The van der Waals surface area contributed by atoms with Crippen molar-refractivity contribution in [2.45, 2.75) is 60.2 Å². The van der Waals surface area contributed by atoms with Gasteiger partial charge in [-0.1, -0.05) is 62.7 Å². The molecule has 11 N–H and O–H groups in total. The maximum absolute atomic E-state index is 12.6. The number of nitrogen functional groups attached to an aromatic ring is 1. The van der Waals surface area contributed by atoms with Gasteiger partial charge >= 0.3 is 41.1 Å². The first-order valence-corrected chi connectivity index (χ1v) is 34.0. The highest BCUT2D eigenvalue weighted by Crippen LogP contribution is 2.31. The van der Waals surface area contributed by atoms with Crippen LogP contribution in [0.4, 0.5) is 44.2 Å². The Bertz CT molecular complexity index is 3870. The monoisotopic (exact) mass is 1500 g/mol. The molecule has 0 radical (unpaired) electrons. The van der Waals surface area contributed by atoms with Gasteiger partial charge in [0.25, 0.3) is 16.4 Å². The van der Waals surface area contributed by atoms with Gasteiger partial charge in [-0.2, -0.15) is 0 Å². The molecule has 103 heavy (non-hydrogen) atoms. The van der Waals surface area contributed by atoms with Gasteiger partial charge in [0.05, 0.1) is 74.1 Å². The topological polar surface area (TPSA) is 367 Å². The lowest BCUT2D eigenvalue weighted by atomic mass is 10.1. The van der Waals surface area contributed by atoms with Crippen molar-refractivity contribution in [3.63, 3.8) is 0 Å². The van der Waals surface area contributed by atoms with Crippen molar-refractivity contribution < 1.29 is 93.5 Å². The number of nitro groups is 1. The van der Waals surface area contributed by atoms with E-state index in [1.54, 1.807) is 100 Å². The molecule has 12 rings (SSSR count). The number of para-hydroxylation sites is 2. The second kappa shape index (κ2) is 38.8. The molecule has 33 heteroatoms. The highest BCUT2D eigenvalue weighted by atomic mass is 79.9. The highest BCUT2D eigenvalue weighted by Gasteiger charge is 2.34. The lowest BCUT2D eigenvalue weighted by Gasteiger charge is -2.32. The predicted octanol–water partition coefficient (Wildman–Crippen LogP) is 4.58. The number of benzene rings is 2. The number of hydrogen-bond donors (Lipinski definition) is 10. The van der Waals surface area contributed by atoms with Crippen LogP contribution in [0.5, 0.6) is 11.5 Å². The van der Waals surface area contributed by atoms with Crippen LogP contribution in [0.15, 0.2) is 163 Å². The Kier molecular flexibility index (Phi) is 30.5. The van der Waals surface area contributed by atoms with Crippen molar-refractivity contribution in [1.82, 2.24) is 30.2 Å². The summed E-state index contributed by atoms with van der Waals surface area (Å²) in [6.07, 6.45) is 7.40. The van der Waals surface area contributed by atoms with E-state index < -0.39 is 27.9 Å².